The number of carboxylic acid groups (broad SMARTS) is 1. The molecule has 2 aromatic heterocycles. The summed E-state index contributed by atoms with van der Waals surface area (Å²) in [6, 6.07) is 5.56. The van der Waals surface area contributed by atoms with E-state index < -0.39 is 17.6 Å². The molecule has 0 saturated heterocycles. The van der Waals surface area contributed by atoms with Crippen LogP contribution < -0.4 is 5.32 Å². The zero-order valence-corrected chi connectivity index (χ0v) is 16.6. The Labute approximate surface area is 170 Å². The van der Waals surface area contributed by atoms with E-state index in [0.29, 0.717) is 20.9 Å². The molecule has 0 aliphatic heterocycles. The highest BCUT2D eigenvalue weighted by molar-refractivity contribution is 9.10. The second-order valence-electron chi connectivity index (χ2n) is 5.41. The molecule has 2 heterocycles. The quantitative estimate of drug-likeness (QED) is 0.510. The Hall–Kier alpha value is -2.10. The van der Waals surface area contributed by atoms with Gasteiger partial charge >= 0.3 is 5.97 Å². The summed E-state index contributed by atoms with van der Waals surface area (Å²) in [5.41, 5.74) is 0.476. The lowest BCUT2D eigenvalue weighted by molar-refractivity contribution is 0.0702. The van der Waals surface area contributed by atoms with Gasteiger partial charge in [0.2, 0.25) is 0 Å². The maximum atomic E-state index is 13.8. The summed E-state index contributed by atoms with van der Waals surface area (Å²) in [6.45, 7) is 0.248. The summed E-state index contributed by atoms with van der Waals surface area (Å²) >= 11 is 9.96. The van der Waals surface area contributed by atoms with Crippen molar-refractivity contribution in [3.63, 3.8) is 0 Å². The Morgan fingerprint density at radius 3 is 2.56 bits per heavy atom. The van der Waals surface area contributed by atoms with Crippen molar-refractivity contribution in [1.82, 2.24) is 9.97 Å². The molecule has 3 aromatic rings. The van der Waals surface area contributed by atoms with E-state index in [1.807, 2.05) is 0 Å². The Bertz CT molecular complexity index is 993. The standard InChI is InChI=1S/C17H11BrClF2N3O2S/c18-8-3-11(20)9(12(21)4-8)1-2-22-15-6-13(23-7-24-15)14-5-10(19)16(27-14)17(25)26/h3-7H,1-2H2,(H,25,26)(H,22,23,24). The lowest BCUT2D eigenvalue weighted by Gasteiger charge is -2.08. The number of aromatic nitrogens is 2. The van der Waals surface area contributed by atoms with Gasteiger partial charge in [-0.25, -0.2) is 23.5 Å². The van der Waals surface area contributed by atoms with Crippen molar-refractivity contribution in [1.29, 1.82) is 0 Å². The van der Waals surface area contributed by atoms with Gasteiger partial charge in [-0.2, -0.15) is 0 Å². The Balaban J connectivity index is 1.72. The van der Waals surface area contributed by atoms with Crippen LogP contribution in [0.5, 0.6) is 0 Å². The van der Waals surface area contributed by atoms with Crippen molar-refractivity contribution in [2.24, 2.45) is 0 Å². The molecule has 1 aromatic carbocycles. The van der Waals surface area contributed by atoms with E-state index in [4.69, 9.17) is 16.7 Å². The molecule has 5 nitrogen and oxygen atoms in total. The second kappa shape index (κ2) is 8.28. The molecular weight excluding hydrogens is 464 g/mol. The number of hydrogen-bond donors (Lipinski definition) is 2. The smallest absolute Gasteiger partial charge is 0.347 e. The molecule has 0 atom stereocenters. The Morgan fingerprint density at radius 1 is 1.22 bits per heavy atom. The molecule has 0 radical (unpaired) electrons. The monoisotopic (exact) mass is 473 g/mol. The molecule has 2 N–H and O–H groups in total. The third kappa shape index (κ3) is 4.60. The van der Waals surface area contributed by atoms with Crippen LogP contribution in [0.2, 0.25) is 5.02 Å². The topological polar surface area (TPSA) is 75.1 Å². The van der Waals surface area contributed by atoms with E-state index in [-0.39, 0.29) is 28.4 Å². The number of carboxylic acids is 1. The number of benzene rings is 1. The summed E-state index contributed by atoms with van der Waals surface area (Å²) < 4.78 is 28.0. The Morgan fingerprint density at radius 2 is 1.93 bits per heavy atom. The number of nitrogens with one attached hydrogen (secondary N) is 1. The highest BCUT2D eigenvalue weighted by atomic mass is 79.9. The van der Waals surface area contributed by atoms with E-state index in [1.54, 1.807) is 6.07 Å². The second-order valence-corrected chi connectivity index (χ2v) is 7.78. The molecule has 10 heteroatoms. The van der Waals surface area contributed by atoms with E-state index in [0.717, 1.165) is 11.3 Å². The van der Waals surface area contributed by atoms with Crippen molar-refractivity contribution < 1.29 is 18.7 Å². The number of hydrogen-bond acceptors (Lipinski definition) is 5. The predicted molar refractivity (Wildman–Crippen MR) is 104 cm³/mol. The molecule has 0 amide bonds. The fraction of sp³-hybridized carbons (Fsp3) is 0.118. The number of carbonyl (C=O) groups is 1. The third-order valence-electron chi connectivity index (χ3n) is 3.59. The summed E-state index contributed by atoms with van der Waals surface area (Å²) in [5, 5.41) is 12.2. The van der Waals surface area contributed by atoms with Gasteiger partial charge in [-0.05, 0) is 24.6 Å². The van der Waals surface area contributed by atoms with Crippen LogP contribution in [0.15, 0.2) is 35.1 Å². The molecule has 3 rings (SSSR count). The Kier molecular flexibility index (Phi) is 6.03. The minimum atomic E-state index is -1.11. The molecule has 0 aliphatic carbocycles. The zero-order valence-electron chi connectivity index (χ0n) is 13.5. The van der Waals surface area contributed by atoms with Gasteiger partial charge in [0, 0.05) is 22.6 Å². The summed E-state index contributed by atoms with van der Waals surface area (Å²) in [4.78, 5) is 19.9. The first-order valence-corrected chi connectivity index (χ1v) is 9.56. The first-order chi connectivity index (χ1) is 12.8. The minimum absolute atomic E-state index is 0.0175. The van der Waals surface area contributed by atoms with Crippen LogP contribution in [-0.2, 0) is 6.42 Å². The first-order valence-electron chi connectivity index (χ1n) is 7.57. The largest absolute Gasteiger partial charge is 0.477 e. The normalized spacial score (nSPS) is 10.8. The summed E-state index contributed by atoms with van der Waals surface area (Å²) in [7, 11) is 0. The molecule has 140 valence electrons. The molecule has 27 heavy (non-hydrogen) atoms. The summed E-state index contributed by atoms with van der Waals surface area (Å²) in [5.74, 6) is -1.91. The third-order valence-corrected chi connectivity index (χ3v) is 5.60. The van der Waals surface area contributed by atoms with Gasteiger partial charge in [0.15, 0.2) is 0 Å². The van der Waals surface area contributed by atoms with Crippen LogP contribution >= 0.6 is 38.9 Å². The van der Waals surface area contributed by atoms with Crippen molar-refractivity contribution in [2.45, 2.75) is 6.42 Å². The van der Waals surface area contributed by atoms with Crippen molar-refractivity contribution in [3.8, 4) is 10.6 Å². The van der Waals surface area contributed by atoms with Crippen LogP contribution in [0.3, 0.4) is 0 Å². The number of thiophene rings is 1. The SMILES string of the molecule is O=C(O)c1sc(-c2cc(NCCc3c(F)cc(Br)cc3F)ncn2)cc1Cl. The zero-order chi connectivity index (χ0) is 19.6. The fourth-order valence-corrected chi connectivity index (χ4v) is 3.99. The van der Waals surface area contributed by atoms with Gasteiger partial charge in [0.05, 0.1) is 15.6 Å². The average Bonchev–Trinajstić information content (AvgIpc) is 2.99. The molecule has 0 spiro atoms. The van der Waals surface area contributed by atoms with Gasteiger partial charge in [-0.15, -0.1) is 11.3 Å². The lowest BCUT2D eigenvalue weighted by atomic mass is 10.1. The van der Waals surface area contributed by atoms with Gasteiger partial charge < -0.3 is 10.4 Å². The van der Waals surface area contributed by atoms with Crippen molar-refractivity contribution in [2.75, 3.05) is 11.9 Å². The maximum Gasteiger partial charge on any atom is 0.347 e. The molecule has 0 fully saturated rings. The van der Waals surface area contributed by atoms with E-state index in [9.17, 15) is 13.6 Å². The minimum Gasteiger partial charge on any atom is -0.477 e. The van der Waals surface area contributed by atoms with Crippen LogP contribution in [0.1, 0.15) is 15.2 Å². The fourth-order valence-electron chi connectivity index (χ4n) is 2.36. The average molecular weight is 475 g/mol. The molecule has 0 aliphatic rings. The van der Waals surface area contributed by atoms with Crippen LogP contribution in [0.4, 0.5) is 14.6 Å². The highest BCUT2D eigenvalue weighted by Crippen LogP contribution is 2.34. The van der Waals surface area contributed by atoms with E-state index >= 15 is 0 Å². The van der Waals surface area contributed by atoms with Gasteiger partial charge in [-0.3, -0.25) is 0 Å². The van der Waals surface area contributed by atoms with Crippen LogP contribution in [0, 0.1) is 11.6 Å². The maximum absolute atomic E-state index is 13.8. The van der Waals surface area contributed by atoms with Gasteiger partial charge in [0.1, 0.15) is 28.7 Å². The highest BCUT2D eigenvalue weighted by Gasteiger charge is 2.16. The molecule has 0 saturated carbocycles. The predicted octanol–water partition coefficient (Wildman–Crippen LogP) is 5.25. The number of aromatic carboxylic acids is 1. The van der Waals surface area contributed by atoms with E-state index in [2.05, 4.69) is 31.2 Å². The van der Waals surface area contributed by atoms with Gasteiger partial charge in [0.25, 0.3) is 0 Å². The molecule has 0 bridgehead atoms. The number of halogens is 4. The molecule has 0 unspecified atom stereocenters. The lowest BCUT2D eigenvalue weighted by Crippen LogP contribution is -2.09. The number of anilines is 1. The van der Waals surface area contributed by atoms with Gasteiger partial charge in [-0.1, -0.05) is 27.5 Å². The molecular formula is C17H11BrClF2N3O2S. The van der Waals surface area contributed by atoms with Crippen LogP contribution in [-0.4, -0.2) is 27.6 Å². The first kappa shape index (κ1) is 19.7. The summed E-state index contributed by atoms with van der Waals surface area (Å²) in [6.07, 6.45) is 1.44. The van der Waals surface area contributed by atoms with E-state index in [1.165, 1.54) is 24.5 Å². The number of nitrogens with zero attached hydrogens (tertiary/aromatic N) is 2. The van der Waals surface area contributed by atoms with Crippen molar-refractivity contribution in [3.05, 3.63) is 62.2 Å². The number of rotatable bonds is 6. The van der Waals surface area contributed by atoms with Crippen LogP contribution in [0.25, 0.3) is 10.6 Å². The van der Waals surface area contributed by atoms with Crippen molar-refractivity contribution >= 4 is 50.7 Å².